The molecule has 1 aliphatic rings. The molecule has 0 aromatic heterocycles. The second-order valence-electron chi connectivity index (χ2n) is 3.13. The van der Waals surface area contributed by atoms with Crippen molar-refractivity contribution in [1.29, 1.82) is 0 Å². The Morgan fingerprint density at radius 2 is 1.31 bits per heavy atom. The lowest BCUT2D eigenvalue weighted by Crippen LogP contribution is -2.33. The van der Waals surface area contributed by atoms with Crippen LogP contribution in [-0.2, 0) is 0 Å². The van der Waals surface area contributed by atoms with E-state index in [0.29, 0.717) is 12.1 Å². The number of nitrogens with one attached hydrogen (secondary N) is 1. The lowest BCUT2D eigenvalue weighted by atomic mass is 9.99. The summed E-state index contributed by atoms with van der Waals surface area (Å²) in [5.41, 5.74) is 3.35. The Hall–Kier alpha value is -0.0800. The van der Waals surface area contributed by atoms with Crippen molar-refractivity contribution in [3.05, 3.63) is 0 Å². The third kappa shape index (κ3) is 4.63. The Kier molecular flexibility index (Phi) is 10.1. The summed E-state index contributed by atoms with van der Waals surface area (Å²) in [6.07, 6.45) is 0. The molecule has 0 aromatic rings. The van der Waals surface area contributed by atoms with Gasteiger partial charge < -0.3 is 0 Å². The summed E-state index contributed by atoms with van der Waals surface area (Å²) < 4.78 is 0. The standard InChI is InChI=1S/C7H16N2.2C2H6/c1-5-6(2)8-9(4)7(5)3;2*1-2/h5-8H,1-4H3;2*1-2H3. The molecule has 0 radical (unpaired) electrons. The lowest BCUT2D eigenvalue weighted by Gasteiger charge is -2.15. The zero-order chi connectivity index (χ0) is 11.0. The Morgan fingerprint density at radius 3 is 1.38 bits per heavy atom. The summed E-state index contributed by atoms with van der Waals surface area (Å²) in [7, 11) is 2.10. The molecule has 1 aliphatic heterocycles. The zero-order valence-corrected chi connectivity index (χ0v) is 10.7. The van der Waals surface area contributed by atoms with Crippen LogP contribution in [0.3, 0.4) is 0 Å². The van der Waals surface area contributed by atoms with Crippen molar-refractivity contribution >= 4 is 0 Å². The van der Waals surface area contributed by atoms with Crippen LogP contribution in [0.15, 0.2) is 0 Å². The Labute approximate surface area is 84.7 Å². The van der Waals surface area contributed by atoms with Gasteiger partial charge in [-0.2, -0.15) is 0 Å². The maximum atomic E-state index is 3.35. The Bertz CT molecular complexity index is 92.3. The summed E-state index contributed by atoms with van der Waals surface area (Å²) in [4.78, 5) is 0. The fourth-order valence-electron chi connectivity index (χ4n) is 1.33. The molecule has 1 rings (SSSR count). The maximum Gasteiger partial charge on any atom is 0.0253 e. The lowest BCUT2D eigenvalue weighted by molar-refractivity contribution is 0.233. The highest BCUT2D eigenvalue weighted by atomic mass is 15.5. The molecule has 3 atom stereocenters. The summed E-state index contributed by atoms with van der Waals surface area (Å²) in [6.45, 7) is 14.8. The molecular weight excluding hydrogens is 160 g/mol. The molecule has 1 fully saturated rings. The van der Waals surface area contributed by atoms with Gasteiger partial charge in [0.15, 0.2) is 0 Å². The van der Waals surface area contributed by atoms with Gasteiger partial charge in [0.05, 0.1) is 0 Å². The van der Waals surface area contributed by atoms with Crippen LogP contribution in [0, 0.1) is 5.92 Å². The van der Waals surface area contributed by atoms with Crippen LogP contribution < -0.4 is 5.43 Å². The van der Waals surface area contributed by atoms with Gasteiger partial charge in [0.1, 0.15) is 0 Å². The molecule has 0 amide bonds. The normalized spacial score (nSPS) is 32.8. The van der Waals surface area contributed by atoms with Gasteiger partial charge in [0.2, 0.25) is 0 Å². The largest absolute Gasteiger partial charge is 0.252 e. The van der Waals surface area contributed by atoms with E-state index < -0.39 is 0 Å². The first-order chi connectivity index (χ1) is 6.13. The third-order valence-electron chi connectivity index (χ3n) is 2.57. The van der Waals surface area contributed by atoms with Crippen LogP contribution >= 0.6 is 0 Å². The van der Waals surface area contributed by atoms with Gasteiger partial charge in [-0.1, -0.05) is 34.6 Å². The number of hydrogen-bond acceptors (Lipinski definition) is 2. The van der Waals surface area contributed by atoms with Crippen molar-refractivity contribution in [1.82, 2.24) is 10.4 Å². The first-order valence-electron chi connectivity index (χ1n) is 5.62. The molecule has 0 aromatic carbocycles. The molecule has 0 aliphatic carbocycles. The first-order valence-corrected chi connectivity index (χ1v) is 5.62. The zero-order valence-electron chi connectivity index (χ0n) is 10.7. The third-order valence-corrected chi connectivity index (χ3v) is 2.57. The van der Waals surface area contributed by atoms with E-state index in [0.717, 1.165) is 5.92 Å². The van der Waals surface area contributed by atoms with E-state index >= 15 is 0 Å². The first kappa shape index (κ1) is 15.4. The van der Waals surface area contributed by atoms with E-state index in [-0.39, 0.29) is 0 Å². The molecule has 0 spiro atoms. The SMILES string of the molecule is CC.CC.CC1NN(C)C(C)C1C. The average molecular weight is 188 g/mol. The van der Waals surface area contributed by atoms with E-state index in [1.165, 1.54) is 0 Å². The minimum Gasteiger partial charge on any atom is -0.252 e. The smallest absolute Gasteiger partial charge is 0.0253 e. The molecule has 3 unspecified atom stereocenters. The molecule has 2 nitrogen and oxygen atoms in total. The molecule has 1 N–H and O–H groups in total. The van der Waals surface area contributed by atoms with Crippen molar-refractivity contribution in [2.45, 2.75) is 60.5 Å². The molecule has 2 heteroatoms. The van der Waals surface area contributed by atoms with Crippen molar-refractivity contribution in [3.8, 4) is 0 Å². The van der Waals surface area contributed by atoms with Crippen molar-refractivity contribution in [2.75, 3.05) is 7.05 Å². The molecule has 0 saturated carbocycles. The van der Waals surface area contributed by atoms with E-state index in [1.807, 2.05) is 27.7 Å². The highest BCUT2D eigenvalue weighted by Crippen LogP contribution is 2.18. The number of rotatable bonds is 0. The molecule has 0 bridgehead atoms. The second-order valence-corrected chi connectivity index (χ2v) is 3.13. The molecular formula is C11H28N2. The van der Waals surface area contributed by atoms with Crippen molar-refractivity contribution in [3.63, 3.8) is 0 Å². The van der Waals surface area contributed by atoms with Crippen LogP contribution in [0.4, 0.5) is 0 Å². The summed E-state index contributed by atoms with van der Waals surface area (Å²) in [6, 6.07) is 1.32. The number of nitrogens with zero attached hydrogens (tertiary/aromatic N) is 1. The second kappa shape index (κ2) is 8.52. The van der Waals surface area contributed by atoms with Crippen LogP contribution in [0.25, 0.3) is 0 Å². The van der Waals surface area contributed by atoms with E-state index in [1.54, 1.807) is 0 Å². The van der Waals surface area contributed by atoms with Crippen molar-refractivity contribution in [2.24, 2.45) is 5.92 Å². The monoisotopic (exact) mass is 188 g/mol. The Morgan fingerprint density at radius 1 is 0.923 bits per heavy atom. The van der Waals surface area contributed by atoms with Gasteiger partial charge in [-0.25, -0.2) is 5.01 Å². The van der Waals surface area contributed by atoms with Crippen molar-refractivity contribution < 1.29 is 0 Å². The van der Waals surface area contributed by atoms with Crippen LogP contribution in [0.5, 0.6) is 0 Å². The van der Waals surface area contributed by atoms with Gasteiger partial charge in [-0.15, -0.1) is 0 Å². The van der Waals surface area contributed by atoms with Gasteiger partial charge in [-0.3, -0.25) is 5.43 Å². The van der Waals surface area contributed by atoms with Gasteiger partial charge in [0.25, 0.3) is 0 Å². The predicted octanol–water partition coefficient (Wildman–Crippen LogP) is 2.90. The molecule has 1 saturated heterocycles. The summed E-state index contributed by atoms with van der Waals surface area (Å²) in [5.74, 6) is 0.773. The topological polar surface area (TPSA) is 15.3 Å². The summed E-state index contributed by atoms with van der Waals surface area (Å²) in [5, 5.41) is 2.19. The fraction of sp³-hybridized carbons (Fsp3) is 1.00. The van der Waals surface area contributed by atoms with Gasteiger partial charge in [0, 0.05) is 19.1 Å². The maximum absolute atomic E-state index is 3.35. The van der Waals surface area contributed by atoms with E-state index in [9.17, 15) is 0 Å². The predicted molar refractivity (Wildman–Crippen MR) is 61.7 cm³/mol. The van der Waals surface area contributed by atoms with Gasteiger partial charge in [-0.05, 0) is 19.8 Å². The molecule has 82 valence electrons. The number of hydrazine groups is 1. The van der Waals surface area contributed by atoms with E-state index in [4.69, 9.17) is 0 Å². The number of hydrogen-bond donors (Lipinski definition) is 1. The minimum absolute atomic E-state index is 0.644. The highest BCUT2D eigenvalue weighted by molar-refractivity contribution is 4.83. The van der Waals surface area contributed by atoms with E-state index in [2.05, 4.69) is 38.3 Å². The average Bonchev–Trinajstić information content (AvgIpc) is 2.40. The molecule has 13 heavy (non-hydrogen) atoms. The van der Waals surface area contributed by atoms with Crippen LogP contribution in [-0.4, -0.2) is 24.1 Å². The van der Waals surface area contributed by atoms with Crippen LogP contribution in [0.1, 0.15) is 48.5 Å². The minimum atomic E-state index is 0.644. The van der Waals surface area contributed by atoms with Crippen LogP contribution in [0.2, 0.25) is 0 Å². The molecule has 1 heterocycles. The summed E-state index contributed by atoms with van der Waals surface area (Å²) >= 11 is 0. The quantitative estimate of drug-likeness (QED) is 0.629. The fourth-order valence-corrected chi connectivity index (χ4v) is 1.33. The Balaban J connectivity index is 0. The van der Waals surface area contributed by atoms with Gasteiger partial charge >= 0.3 is 0 Å². The highest BCUT2D eigenvalue weighted by Gasteiger charge is 2.29.